The summed E-state index contributed by atoms with van der Waals surface area (Å²) in [5, 5.41) is 5.63. The Morgan fingerprint density at radius 3 is 2.69 bits per heavy atom. The molecule has 134 valence electrons. The molecule has 0 saturated heterocycles. The zero-order valence-electron chi connectivity index (χ0n) is 13.6. The lowest BCUT2D eigenvalue weighted by molar-refractivity contribution is -0.119. The molecule has 1 aromatic heterocycles. The SMILES string of the molecule is COCC(=O)Nc1c(C(=O)Nc2ccc(F)c(Cl)c2)oc2ccccc12. The predicted octanol–water partition coefficient (Wildman–Crippen LogP) is 4.06. The van der Waals surface area contributed by atoms with Gasteiger partial charge < -0.3 is 19.8 Å². The quantitative estimate of drug-likeness (QED) is 0.703. The van der Waals surface area contributed by atoms with E-state index in [0.717, 1.165) is 6.07 Å². The van der Waals surface area contributed by atoms with Crippen LogP contribution in [0.25, 0.3) is 11.0 Å². The van der Waals surface area contributed by atoms with E-state index in [4.69, 9.17) is 20.8 Å². The summed E-state index contributed by atoms with van der Waals surface area (Å²) in [5.41, 5.74) is 0.951. The average molecular weight is 377 g/mol. The molecule has 2 N–H and O–H groups in total. The second kappa shape index (κ2) is 7.55. The van der Waals surface area contributed by atoms with Crippen molar-refractivity contribution in [1.29, 1.82) is 0 Å². The Labute approximate surface area is 152 Å². The van der Waals surface area contributed by atoms with E-state index in [-0.39, 0.29) is 28.8 Å². The molecule has 0 atom stereocenters. The van der Waals surface area contributed by atoms with Crippen molar-refractivity contribution in [3.05, 3.63) is 59.1 Å². The number of anilines is 2. The number of ether oxygens (including phenoxy) is 1. The third-order valence-electron chi connectivity index (χ3n) is 3.52. The van der Waals surface area contributed by atoms with Crippen molar-refractivity contribution in [2.24, 2.45) is 0 Å². The first kappa shape index (κ1) is 17.9. The van der Waals surface area contributed by atoms with Crippen molar-refractivity contribution in [3.63, 3.8) is 0 Å². The number of nitrogens with one attached hydrogen (secondary N) is 2. The van der Waals surface area contributed by atoms with E-state index in [0.29, 0.717) is 11.0 Å². The molecule has 26 heavy (non-hydrogen) atoms. The molecule has 0 fully saturated rings. The fourth-order valence-electron chi connectivity index (χ4n) is 2.40. The van der Waals surface area contributed by atoms with Crippen LogP contribution < -0.4 is 10.6 Å². The molecule has 0 aliphatic heterocycles. The van der Waals surface area contributed by atoms with Crippen molar-refractivity contribution in [2.75, 3.05) is 24.4 Å². The van der Waals surface area contributed by atoms with Gasteiger partial charge in [-0.05, 0) is 30.3 Å². The van der Waals surface area contributed by atoms with Crippen LogP contribution in [-0.2, 0) is 9.53 Å². The number of carbonyl (C=O) groups is 2. The highest BCUT2D eigenvalue weighted by Crippen LogP contribution is 2.31. The van der Waals surface area contributed by atoms with E-state index in [2.05, 4.69) is 10.6 Å². The maximum atomic E-state index is 13.3. The second-order valence-corrected chi connectivity index (χ2v) is 5.77. The monoisotopic (exact) mass is 376 g/mol. The number of hydrogen-bond acceptors (Lipinski definition) is 4. The van der Waals surface area contributed by atoms with Crippen LogP contribution in [-0.4, -0.2) is 25.5 Å². The third-order valence-corrected chi connectivity index (χ3v) is 3.81. The smallest absolute Gasteiger partial charge is 0.293 e. The van der Waals surface area contributed by atoms with Gasteiger partial charge in [-0.15, -0.1) is 0 Å². The number of methoxy groups -OCH3 is 1. The van der Waals surface area contributed by atoms with Gasteiger partial charge in [0.15, 0.2) is 0 Å². The maximum Gasteiger partial charge on any atom is 0.293 e. The van der Waals surface area contributed by atoms with Crippen molar-refractivity contribution >= 4 is 45.8 Å². The molecule has 0 radical (unpaired) electrons. The number of furan rings is 1. The van der Waals surface area contributed by atoms with Crippen molar-refractivity contribution in [3.8, 4) is 0 Å². The lowest BCUT2D eigenvalue weighted by atomic mass is 10.2. The number of hydrogen-bond donors (Lipinski definition) is 2. The maximum absolute atomic E-state index is 13.3. The number of halogens is 2. The fourth-order valence-corrected chi connectivity index (χ4v) is 2.58. The normalized spacial score (nSPS) is 10.7. The van der Waals surface area contributed by atoms with Crippen LogP contribution in [0.1, 0.15) is 10.6 Å². The van der Waals surface area contributed by atoms with E-state index in [1.807, 2.05) is 0 Å². The summed E-state index contributed by atoms with van der Waals surface area (Å²) >= 11 is 5.72. The van der Waals surface area contributed by atoms with Crippen LogP contribution in [0.2, 0.25) is 5.02 Å². The molecule has 0 bridgehead atoms. The standard InChI is InChI=1S/C18H14ClFN2O4/c1-25-9-15(23)22-16-11-4-2-3-5-14(11)26-17(16)18(24)21-10-6-7-13(20)12(19)8-10/h2-8H,9H2,1H3,(H,21,24)(H,22,23). The molecule has 0 aliphatic rings. The minimum Gasteiger partial charge on any atom is -0.449 e. The summed E-state index contributed by atoms with van der Waals surface area (Å²) in [6, 6.07) is 10.7. The van der Waals surface area contributed by atoms with Gasteiger partial charge in [-0.1, -0.05) is 23.7 Å². The van der Waals surface area contributed by atoms with Gasteiger partial charge in [0.05, 0.1) is 5.02 Å². The zero-order chi connectivity index (χ0) is 18.7. The summed E-state index contributed by atoms with van der Waals surface area (Å²) in [6.07, 6.45) is 0. The number of carbonyl (C=O) groups excluding carboxylic acids is 2. The van der Waals surface area contributed by atoms with Crippen LogP contribution in [0.15, 0.2) is 46.9 Å². The number of amides is 2. The van der Waals surface area contributed by atoms with Crippen LogP contribution in [0, 0.1) is 5.82 Å². The highest BCUT2D eigenvalue weighted by atomic mass is 35.5. The molecule has 0 spiro atoms. The van der Waals surface area contributed by atoms with Gasteiger partial charge in [0.2, 0.25) is 11.7 Å². The van der Waals surface area contributed by atoms with Crippen LogP contribution in [0.4, 0.5) is 15.8 Å². The second-order valence-electron chi connectivity index (χ2n) is 5.37. The van der Waals surface area contributed by atoms with Gasteiger partial charge in [0, 0.05) is 18.2 Å². The van der Waals surface area contributed by atoms with Crippen molar-refractivity contribution in [2.45, 2.75) is 0 Å². The highest BCUT2D eigenvalue weighted by molar-refractivity contribution is 6.31. The average Bonchev–Trinajstić information content (AvgIpc) is 2.97. The first-order chi connectivity index (χ1) is 12.5. The van der Waals surface area contributed by atoms with Gasteiger partial charge in [-0.3, -0.25) is 9.59 Å². The molecule has 0 unspecified atom stereocenters. The summed E-state index contributed by atoms with van der Waals surface area (Å²) in [5.74, 6) is -1.73. The predicted molar refractivity (Wildman–Crippen MR) is 96.1 cm³/mol. The molecular weight excluding hydrogens is 363 g/mol. The molecule has 8 heteroatoms. The molecular formula is C18H14ClFN2O4. The van der Waals surface area contributed by atoms with Crippen LogP contribution in [0.3, 0.4) is 0 Å². The van der Waals surface area contributed by atoms with Gasteiger partial charge in [-0.2, -0.15) is 0 Å². The highest BCUT2D eigenvalue weighted by Gasteiger charge is 2.22. The number of benzene rings is 2. The van der Waals surface area contributed by atoms with E-state index < -0.39 is 17.6 Å². The van der Waals surface area contributed by atoms with Gasteiger partial charge in [0.1, 0.15) is 23.7 Å². The Bertz CT molecular complexity index is 986. The molecule has 0 saturated carbocycles. The van der Waals surface area contributed by atoms with E-state index in [1.165, 1.54) is 19.2 Å². The molecule has 0 aliphatic carbocycles. The lowest BCUT2D eigenvalue weighted by Crippen LogP contribution is -2.20. The van der Waals surface area contributed by atoms with E-state index >= 15 is 0 Å². The molecule has 1 heterocycles. The van der Waals surface area contributed by atoms with Crippen LogP contribution >= 0.6 is 11.6 Å². The topological polar surface area (TPSA) is 80.6 Å². The van der Waals surface area contributed by atoms with E-state index in [1.54, 1.807) is 24.3 Å². The lowest BCUT2D eigenvalue weighted by Gasteiger charge is -2.07. The Hall–Kier alpha value is -2.90. The molecule has 2 aromatic carbocycles. The van der Waals surface area contributed by atoms with E-state index in [9.17, 15) is 14.0 Å². The summed E-state index contributed by atoms with van der Waals surface area (Å²) in [7, 11) is 1.39. The molecule has 3 rings (SSSR count). The van der Waals surface area contributed by atoms with Gasteiger partial charge >= 0.3 is 0 Å². The Kier molecular flexibility index (Phi) is 5.20. The van der Waals surface area contributed by atoms with Gasteiger partial charge in [0.25, 0.3) is 5.91 Å². The zero-order valence-corrected chi connectivity index (χ0v) is 14.4. The minimum atomic E-state index is -0.614. The third kappa shape index (κ3) is 3.68. The Morgan fingerprint density at radius 1 is 1.19 bits per heavy atom. The first-order valence-electron chi connectivity index (χ1n) is 7.56. The summed E-state index contributed by atoms with van der Waals surface area (Å²) < 4.78 is 23.6. The van der Waals surface area contributed by atoms with Crippen molar-refractivity contribution < 1.29 is 23.1 Å². The number of rotatable bonds is 5. The van der Waals surface area contributed by atoms with Crippen molar-refractivity contribution in [1.82, 2.24) is 0 Å². The largest absolute Gasteiger partial charge is 0.449 e. The molecule has 2 amide bonds. The molecule has 6 nitrogen and oxygen atoms in total. The fraction of sp³-hybridized carbons (Fsp3) is 0.111. The number of fused-ring (bicyclic) bond motifs is 1. The summed E-state index contributed by atoms with van der Waals surface area (Å²) in [4.78, 5) is 24.5. The molecule has 3 aromatic rings. The Balaban J connectivity index is 1.95. The van der Waals surface area contributed by atoms with Crippen LogP contribution in [0.5, 0.6) is 0 Å². The van der Waals surface area contributed by atoms with Gasteiger partial charge in [-0.25, -0.2) is 4.39 Å². The number of para-hydroxylation sites is 1. The first-order valence-corrected chi connectivity index (χ1v) is 7.94. The Morgan fingerprint density at radius 2 is 1.96 bits per heavy atom. The summed E-state index contributed by atoms with van der Waals surface area (Å²) in [6.45, 7) is -0.172. The minimum absolute atomic E-state index is 0.0869.